The third kappa shape index (κ3) is 4.54. The van der Waals surface area contributed by atoms with Crippen LogP contribution in [0.5, 0.6) is 23.0 Å². The summed E-state index contributed by atoms with van der Waals surface area (Å²) < 4.78 is 27.1. The van der Waals surface area contributed by atoms with Gasteiger partial charge in [0.05, 0.1) is 19.9 Å². The van der Waals surface area contributed by atoms with Crippen LogP contribution in [0, 0.1) is 0 Å². The minimum atomic E-state index is -0.562. The first-order valence-electron chi connectivity index (χ1n) is 11.0. The van der Waals surface area contributed by atoms with E-state index in [0.717, 1.165) is 5.56 Å². The first-order chi connectivity index (χ1) is 17.6. The van der Waals surface area contributed by atoms with Crippen molar-refractivity contribution < 1.29 is 33.0 Å². The van der Waals surface area contributed by atoms with Gasteiger partial charge in [-0.05, 0) is 48.0 Å². The highest BCUT2D eigenvalue weighted by Gasteiger charge is 2.23. The first kappa shape index (κ1) is 22.9. The number of fused-ring (bicyclic) bond motifs is 2. The highest BCUT2D eigenvalue weighted by atomic mass is 16.7. The number of ether oxygens (including phenoxy) is 4. The minimum Gasteiger partial charge on any atom is -0.497 e. The van der Waals surface area contributed by atoms with Crippen LogP contribution in [0.4, 0.5) is 11.4 Å². The number of carbonyl (C=O) groups excluding carboxylic acids is 2. The molecule has 5 rings (SSSR count). The monoisotopic (exact) mass is 486 g/mol. The van der Waals surface area contributed by atoms with E-state index in [1.807, 2.05) is 6.07 Å². The van der Waals surface area contributed by atoms with Gasteiger partial charge < -0.3 is 34.0 Å². The zero-order valence-corrected chi connectivity index (χ0v) is 19.5. The summed E-state index contributed by atoms with van der Waals surface area (Å²) >= 11 is 0. The Kier molecular flexibility index (Phi) is 6.19. The van der Waals surface area contributed by atoms with Crippen LogP contribution in [0.15, 0.2) is 71.2 Å². The lowest BCUT2D eigenvalue weighted by atomic mass is 10.2. The number of anilines is 2. The zero-order valence-electron chi connectivity index (χ0n) is 19.5. The molecule has 2 N–H and O–H groups in total. The average Bonchev–Trinajstić information content (AvgIpc) is 3.52. The molecular weight excluding hydrogens is 464 g/mol. The molecule has 0 unspecified atom stereocenters. The summed E-state index contributed by atoms with van der Waals surface area (Å²) in [6, 6.07) is 17.4. The topological polar surface area (TPSA) is 108 Å². The van der Waals surface area contributed by atoms with Crippen LogP contribution >= 0.6 is 0 Å². The molecule has 4 aromatic rings. The number of nitrogens with one attached hydrogen (secondary N) is 2. The maximum absolute atomic E-state index is 13.2. The lowest BCUT2D eigenvalue weighted by molar-refractivity contribution is -0.111. The fourth-order valence-electron chi connectivity index (χ4n) is 3.77. The standard InChI is InChI=1S/C27H22N2O7/c1-32-17-9-11-21(33-2)19(14-17)28-27(31)26-25(18-5-3-4-6-20(18)36-26)29-24(30)12-8-16-7-10-22-23(13-16)35-15-34-22/h3-14H,15H2,1-2H3,(H,28,31)(H,29,30)/b12-8+. The molecule has 9 heteroatoms. The molecule has 0 spiro atoms. The van der Waals surface area contributed by atoms with Crippen LogP contribution < -0.4 is 29.6 Å². The zero-order chi connectivity index (χ0) is 25.1. The third-order valence-corrected chi connectivity index (χ3v) is 5.53. The summed E-state index contributed by atoms with van der Waals surface area (Å²) in [5.74, 6) is 1.21. The second-order valence-electron chi connectivity index (χ2n) is 7.76. The number of furan rings is 1. The molecule has 0 bridgehead atoms. The van der Waals surface area contributed by atoms with Crippen molar-refractivity contribution in [3.05, 3.63) is 78.1 Å². The van der Waals surface area contributed by atoms with E-state index in [9.17, 15) is 9.59 Å². The highest BCUT2D eigenvalue weighted by Crippen LogP contribution is 2.35. The van der Waals surface area contributed by atoms with Crippen molar-refractivity contribution in [1.82, 2.24) is 0 Å². The van der Waals surface area contributed by atoms with Crippen molar-refractivity contribution in [2.24, 2.45) is 0 Å². The second-order valence-corrected chi connectivity index (χ2v) is 7.76. The molecule has 9 nitrogen and oxygen atoms in total. The van der Waals surface area contributed by atoms with Crippen molar-refractivity contribution >= 4 is 40.2 Å². The summed E-state index contributed by atoms with van der Waals surface area (Å²) in [6.45, 7) is 0.170. The van der Waals surface area contributed by atoms with E-state index < -0.39 is 11.8 Å². The molecular formula is C27H22N2O7. The number of hydrogen-bond donors (Lipinski definition) is 2. The van der Waals surface area contributed by atoms with Gasteiger partial charge in [0.1, 0.15) is 22.8 Å². The van der Waals surface area contributed by atoms with E-state index in [4.69, 9.17) is 23.4 Å². The van der Waals surface area contributed by atoms with Crippen molar-refractivity contribution in [1.29, 1.82) is 0 Å². The van der Waals surface area contributed by atoms with E-state index in [1.54, 1.807) is 60.7 Å². The molecule has 1 aliphatic heterocycles. The molecule has 0 aliphatic carbocycles. The number of amides is 2. The number of carbonyl (C=O) groups is 2. The Labute approximate surface area is 206 Å². The van der Waals surface area contributed by atoms with Crippen LogP contribution in [-0.4, -0.2) is 32.8 Å². The van der Waals surface area contributed by atoms with Gasteiger partial charge in [-0.25, -0.2) is 0 Å². The van der Waals surface area contributed by atoms with Gasteiger partial charge in [0.15, 0.2) is 11.5 Å². The largest absolute Gasteiger partial charge is 0.497 e. The fourth-order valence-corrected chi connectivity index (χ4v) is 3.77. The average molecular weight is 486 g/mol. The molecule has 0 radical (unpaired) electrons. The number of para-hydroxylation sites is 1. The molecule has 0 saturated heterocycles. The molecule has 1 aliphatic rings. The van der Waals surface area contributed by atoms with Crippen molar-refractivity contribution in [2.75, 3.05) is 31.6 Å². The van der Waals surface area contributed by atoms with Gasteiger partial charge in [0.25, 0.3) is 5.91 Å². The molecule has 2 heterocycles. The normalized spacial score (nSPS) is 12.1. The molecule has 0 fully saturated rings. The summed E-state index contributed by atoms with van der Waals surface area (Å²) in [6.07, 6.45) is 3.01. The Balaban J connectivity index is 1.41. The Morgan fingerprint density at radius 1 is 0.917 bits per heavy atom. The Hall–Kier alpha value is -4.92. The molecule has 182 valence electrons. The predicted octanol–water partition coefficient (Wildman–Crippen LogP) is 5.08. The quantitative estimate of drug-likeness (QED) is 0.351. The smallest absolute Gasteiger partial charge is 0.293 e. The van der Waals surface area contributed by atoms with Crippen molar-refractivity contribution in [2.45, 2.75) is 0 Å². The number of methoxy groups -OCH3 is 2. The van der Waals surface area contributed by atoms with Crippen LogP contribution in [0.1, 0.15) is 16.1 Å². The second kappa shape index (κ2) is 9.75. The van der Waals surface area contributed by atoms with Crippen LogP contribution in [0.25, 0.3) is 17.0 Å². The lowest BCUT2D eigenvalue weighted by Crippen LogP contribution is -2.16. The van der Waals surface area contributed by atoms with Gasteiger partial charge in [-0.1, -0.05) is 18.2 Å². The van der Waals surface area contributed by atoms with Crippen LogP contribution in [0.3, 0.4) is 0 Å². The summed E-state index contributed by atoms with van der Waals surface area (Å²) in [5, 5.41) is 6.15. The van der Waals surface area contributed by atoms with Gasteiger partial charge in [-0.15, -0.1) is 0 Å². The van der Waals surface area contributed by atoms with Gasteiger partial charge >= 0.3 is 0 Å². The van der Waals surface area contributed by atoms with E-state index in [0.29, 0.717) is 39.7 Å². The van der Waals surface area contributed by atoms with E-state index in [-0.39, 0.29) is 18.2 Å². The minimum absolute atomic E-state index is 0.0501. The Bertz CT molecular complexity index is 1490. The SMILES string of the molecule is COc1ccc(OC)c(NC(=O)c2oc3ccccc3c2NC(=O)/C=C/c2ccc3c(c2)OCO3)c1. The maximum Gasteiger partial charge on any atom is 0.293 e. The predicted molar refractivity (Wildman–Crippen MR) is 134 cm³/mol. The number of hydrogen-bond acceptors (Lipinski definition) is 7. The van der Waals surface area contributed by atoms with Gasteiger partial charge in [0, 0.05) is 17.5 Å². The van der Waals surface area contributed by atoms with Crippen LogP contribution in [-0.2, 0) is 4.79 Å². The third-order valence-electron chi connectivity index (χ3n) is 5.53. The number of benzene rings is 3. The fraction of sp³-hybridized carbons (Fsp3) is 0.111. The Morgan fingerprint density at radius 3 is 2.58 bits per heavy atom. The first-order valence-corrected chi connectivity index (χ1v) is 11.0. The van der Waals surface area contributed by atoms with E-state index in [1.165, 1.54) is 20.3 Å². The Morgan fingerprint density at radius 2 is 1.75 bits per heavy atom. The number of rotatable bonds is 7. The van der Waals surface area contributed by atoms with Crippen molar-refractivity contribution in [3.63, 3.8) is 0 Å². The molecule has 0 atom stereocenters. The summed E-state index contributed by atoms with van der Waals surface area (Å²) in [5.41, 5.74) is 1.86. The molecule has 1 aromatic heterocycles. The maximum atomic E-state index is 13.2. The summed E-state index contributed by atoms with van der Waals surface area (Å²) in [7, 11) is 3.02. The van der Waals surface area contributed by atoms with Gasteiger partial charge in [-0.3, -0.25) is 9.59 Å². The van der Waals surface area contributed by atoms with Gasteiger partial charge in [0.2, 0.25) is 18.5 Å². The van der Waals surface area contributed by atoms with E-state index >= 15 is 0 Å². The molecule has 2 amide bonds. The molecule has 36 heavy (non-hydrogen) atoms. The van der Waals surface area contributed by atoms with Crippen LogP contribution in [0.2, 0.25) is 0 Å². The highest BCUT2D eigenvalue weighted by molar-refractivity contribution is 6.16. The van der Waals surface area contributed by atoms with E-state index in [2.05, 4.69) is 10.6 Å². The summed E-state index contributed by atoms with van der Waals surface area (Å²) in [4.78, 5) is 26.1. The van der Waals surface area contributed by atoms with Gasteiger partial charge in [-0.2, -0.15) is 0 Å². The lowest BCUT2D eigenvalue weighted by Gasteiger charge is -2.11. The molecule has 3 aromatic carbocycles. The van der Waals surface area contributed by atoms with Crippen molar-refractivity contribution in [3.8, 4) is 23.0 Å². The molecule has 0 saturated carbocycles.